The van der Waals surface area contributed by atoms with E-state index in [-0.39, 0.29) is 12.5 Å². The van der Waals surface area contributed by atoms with E-state index in [4.69, 9.17) is 9.47 Å². The predicted molar refractivity (Wildman–Crippen MR) is 91.0 cm³/mol. The fraction of sp³-hybridized carbons (Fsp3) is 0.263. The average molecular weight is 327 g/mol. The van der Waals surface area contributed by atoms with E-state index in [0.29, 0.717) is 24.5 Å². The molecule has 126 valence electrons. The highest BCUT2D eigenvalue weighted by atomic mass is 16.5. The Kier molecular flexibility index (Phi) is 6.83. The van der Waals surface area contributed by atoms with Gasteiger partial charge in [0.2, 0.25) is 0 Å². The van der Waals surface area contributed by atoms with Crippen molar-refractivity contribution < 1.29 is 19.1 Å². The number of esters is 1. The van der Waals surface area contributed by atoms with Crippen molar-refractivity contribution in [3.8, 4) is 5.75 Å². The van der Waals surface area contributed by atoms with Crippen LogP contribution >= 0.6 is 0 Å². The van der Waals surface area contributed by atoms with Gasteiger partial charge in [-0.25, -0.2) is 0 Å². The minimum Gasteiger partial charge on any atom is -0.493 e. The quantitative estimate of drug-likeness (QED) is 0.757. The normalized spacial score (nSPS) is 10.0. The van der Waals surface area contributed by atoms with Crippen molar-refractivity contribution in [2.75, 3.05) is 19.8 Å². The zero-order valence-electron chi connectivity index (χ0n) is 13.7. The van der Waals surface area contributed by atoms with Crippen LogP contribution in [0, 0.1) is 0 Å². The Morgan fingerprint density at radius 1 is 1.04 bits per heavy atom. The van der Waals surface area contributed by atoms with Crippen LogP contribution in [0.2, 0.25) is 0 Å². The lowest BCUT2D eigenvalue weighted by molar-refractivity contribution is -0.141. The summed E-state index contributed by atoms with van der Waals surface area (Å²) in [6, 6.07) is 16.9. The first kappa shape index (κ1) is 17.5. The van der Waals surface area contributed by atoms with Crippen molar-refractivity contribution in [1.29, 1.82) is 0 Å². The highest BCUT2D eigenvalue weighted by Crippen LogP contribution is 2.14. The molecule has 24 heavy (non-hydrogen) atoms. The van der Waals surface area contributed by atoms with Gasteiger partial charge in [0.05, 0.1) is 13.2 Å². The molecule has 2 aromatic rings. The molecule has 1 amide bonds. The van der Waals surface area contributed by atoms with E-state index in [1.165, 1.54) is 5.56 Å². The van der Waals surface area contributed by atoms with Crippen LogP contribution < -0.4 is 10.1 Å². The van der Waals surface area contributed by atoms with Crippen molar-refractivity contribution in [2.45, 2.75) is 13.3 Å². The number of nitrogens with one attached hydrogen (secondary N) is 1. The molecule has 0 bridgehead atoms. The maximum atomic E-state index is 12.0. The Labute approximate surface area is 141 Å². The second-order valence-corrected chi connectivity index (χ2v) is 5.10. The van der Waals surface area contributed by atoms with Gasteiger partial charge in [-0.3, -0.25) is 9.59 Å². The number of benzene rings is 2. The molecule has 0 unspecified atom stereocenters. The second-order valence-electron chi connectivity index (χ2n) is 5.10. The summed E-state index contributed by atoms with van der Waals surface area (Å²) in [6.07, 6.45) is 0.792. The number of rotatable bonds is 8. The van der Waals surface area contributed by atoms with Crippen LogP contribution in [-0.4, -0.2) is 31.6 Å². The zero-order valence-corrected chi connectivity index (χ0v) is 13.7. The second kappa shape index (κ2) is 9.35. The molecule has 0 fully saturated rings. The molecule has 0 saturated heterocycles. The van der Waals surface area contributed by atoms with Crippen LogP contribution in [0.15, 0.2) is 54.6 Å². The number of ether oxygens (including phenoxy) is 2. The molecule has 1 N–H and O–H groups in total. The summed E-state index contributed by atoms with van der Waals surface area (Å²) in [7, 11) is 0. The van der Waals surface area contributed by atoms with Gasteiger partial charge < -0.3 is 14.8 Å². The van der Waals surface area contributed by atoms with E-state index in [9.17, 15) is 9.59 Å². The molecule has 5 heteroatoms. The molecule has 0 radical (unpaired) electrons. The molecule has 2 rings (SSSR count). The van der Waals surface area contributed by atoms with Gasteiger partial charge in [-0.15, -0.1) is 0 Å². The predicted octanol–water partition coefficient (Wildman–Crippen LogP) is 2.60. The Hall–Kier alpha value is -2.82. The van der Waals surface area contributed by atoms with E-state index < -0.39 is 5.97 Å². The zero-order chi connectivity index (χ0) is 17.2. The Balaban J connectivity index is 1.84. The molecule has 0 atom stereocenters. The Morgan fingerprint density at radius 3 is 2.58 bits per heavy atom. The largest absolute Gasteiger partial charge is 0.493 e. The van der Waals surface area contributed by atoms with E-state index >= 15 is 0 Å². The minimum atomic E-state index is -0.457. The molecule has 2 aromatic carbocycles. The summed E-state index contributed by atoms with van der Waals surface area (Å²) in [4.78, 5) is 23.3. The van der Waals surface area contributed by atoms with Crippen molar-refractivity contribution in [3.05, 3.63) is 65.7 Å². The molecule has 0 heterocycles. The van der Waals surface area contributed by atoms with Gasteiger partial charge in [0, 0.05) is 12.0 Å². The Bertz CT molecular complexity index is 670. The van der Waals surface area contributed by atoms with Gasteiger partial charge in [-0.05, 0) is 30.7 Å². The summed E-state index contributed by atoms with van der Waals surface area (Å²) in [5, 5.41) is 2.52. The van der Waals surface area contributed by atoms with Gasteiger partial charge in [0.1, 0.15) is 12.3 Å². The number of carbonyl (C=O) groups excluding carboxylic acids is 2. The third-order valence-corrected chi connectivity index (χ3v) is 3.30. The molecule has 0 aliphatic heterocycles. The third kappa shape index (κ3) is 5.76. The average Bonchev–Trinajstić information content (AvgIpc) is 2.61. The maximum absolute atomic E-state index is 12.0. The van der Waals surface area contributed by atoms with Crippen LogP contribution in [0.5, 0.6) is 5.75 Å². The number of hydrogen-bond acceptors (Lipinski definition) is 4. The molecule has 0 aliphatic carbocycles. The van der Waals surface area contributed by atoms with Gasteiger partial charge >= 0.3 is 5.97 Å². The van der Waals surface area contributed by atoms with Crippen molar-refractivity contribution in [2.24, 2.45) is 0 Å². The van der Waals surface area contributed by atoms with E-state index in [1.54, 1.807) is 31.2 Å². The number of amides is 1. The maximum Gasteiger partial charge on any atom is 0.325 e. The summed E-state index contributed by atoms with van der Waals surface area (Å²) in [5.74, 6) is -0.174. The highest BCUT2D eigenvalue weighted by molar-refractivity contribution is 5.96. The first-order chi connectivity index (χ1) is 11.7. The molecular weight excluding hydrogens is 306 g/mol. The van der Waals surface area contributed by atoms with Gasteiger partial charge in [-0.2, -0.15) is 0 Å². The summed E-state index contributed by atoms with van der Waals surface area (Å²) in [5.41, 5.74) is 1.64. The lowest BCUT2D eigenvalue weighted by atomic mass is 10.2. The fourth-order valence-corrected chi connectivity index (χ4v) is 2.13. The minimum absolute atomic E-state index is 0.147. The number of hydrogen-bond donors (Lipinski definition) is 1. The van der Waals surface area contributed by atoms with Crippen molar-refractivity contribution in [3.63, 3.8) is 0 Å². The highest BCUT2D eigenvalue weighted by Gasteiger charge is 2.09. The van der Waals surface area contributed by atoms with Crippen LogP contribution in [0.3, 0.4) is 0 Å². The van der Waals surface area contributed by atoms with E-state index in [1.807, 2.05) is 30.3 Å². The monoisotopic (exact) mass is 327 g/mol. The summed E-state index contributed by atoms with van der Waals surface area (Å²) >= 11 is 0. The first-order valence-corrected chi connectivity index (χ1v) is 7.89. The lowest BCUT2D eigenvalue weighted by Crippen LogP contribution is -2.30. The van der Waals surface area contributed by atoms with E-state index in [0.717, 1.165) is 6.42 Å². The SMILES string of the molecule is CCOC(=O)CNC(=O)c1cccc(OCCc2ccccc2)c1. The molecule has 0 aromatic heterocycles. The van der Waals surface area contributed by atoms with Crippen LogP contribution in [0.25, 0.3) is 0 Å². The van der Waals surface area contributed by atoms with Crippen LogP contribution in [0.1, 0.15) is 22.8 Å². The van der Waals surface area contributed by atoms with Gasteiger partial charge in [0.25, 0.3) is 5.91 Å². The van der Waals surface area contributed by atoms with Crippen molar-refractivity contribution >= 4 is 11.9 Å². The number of carbonyl (C=O) groups is 2. The summed E-state index contributed by atoms with van der Waals surface area (Å²) in [6.45, 7) is 2.39. The topological polar surface area (TPSA) is 64.6 Å². The fourth-order valence-electron chi connectivity index (χ4n) is 2.13. The Morgan fingerprint density at radius 2 is 1.83 bits per heavy atom. The van der Waals surface area contributed by atoms with Gasteiger partial charge in [0.15, 0.2) is 0 Å². The van der Waals surface area contributed by atoms with Crippen molar-refractivity contribution in [1.82, 2.24) is 5.32 Å². The lowest BCUT2D eigenvalue weighted by Gasteiger charge is -2.09. The standard InChI is InChI=1S/C19H21NO4/c1-2-23-18(21)14-20-19(22)16-9-6-10-17(13-16)24-12-11-15-7-4-3-5-8-15/h3-10,13H,2,11-12,14H2,1H3,(H,20,22). The smallest absolute Gasteiger partial charge is 0.325 e. The molecule has 0 spiro atoms. The molecular formula is C19H21NO4. The summed E-state index contributed by atoms with van der Waals surface area (Å²) < 4.78 is 10.5. The molecule has 0 aliphatic rings. The van der Waals surface area contributed by atoms with Gasteiger partial charge in [-0.1, -0.05) is 36.4 Å². The molecule has 0 saturated carbocycles. The van der Waals surface area contributed by atoms with Crippen LogP contribution in [-0.2, 0) is 16.0 Å². The van der Waals surface area contributed by atoms with E-state index in [2.05, 4.69) is 5.32 Å². The molecule has 5 nitrogen and oxygen atoms in total. The third-order valence-electron chi connectivity index (χ3n) is 3.30. The first-order valence-electron chi connectivity index (χ1n) is 7.89. The van der Waals surface area contributed by atoms with Crippen LogP contribution in [0.4, 0.5) is 0 Å².